The minimum absolute atomic E-state index is 0.0216. The molecule has 3 rings (SSSR count). The second-order valence-corrected chi connectivity index (χ2v) is 5.55. The van der Waals surface area contributed by atoms with Gasteiger partial charge >= 0.3 is 0 Å². The molecule has 0 aliphatic rings. The number of aromatic nitrogens is 3. The third kappa shape index (κ3) is 4.97. The van der Waals surface area contributed by atoms with Gasteiger partial charge < -0.3 is 14.6 Å². The zero-order valence-electron chi connectivity index (χ0n) is 14.9. The number of nitrogens with zero attached hydrogens (tertiary/aromatic N) is 3. The molecule has 0 saturated heterocycles. The van der Waals surface area contributed by atoms with Gasteiger partial charge in [-0.15, -0.1) is 0 Å². The van der Waals surface area contributed by atoms with E-state index in [1.165, 1.54) is 6.08 Å². The van der Waals surface area contributed by atoms with Crippen LogP contribution >= 0.6 is 0 Å². The van der Waals surface area contributed by atoms with Gasteiger partial charge in [-0.1, -0.05) is 5.16 Å². The normalized spacial score (nSPS) is 11.0. The molecule has 0 saturated carbocycles. The second-order valence-electron chi connectivity index (χ2n) is 5.55. The number of ether oxygens (including phenoxy) is 1. The van der Waals surface area contributed by atoms with Crippen LogP contribution in [-0.4, -0.2) is 27.6 Å². The van der Waals surface area contributed by atoms with E-state index in [0.29, 0.717) is 23.9 Å². The molecule has 7 nitrogen and oxygen atoms in total. The molecule has 1 amide bonds. The highest BCUT2D eigenvalue weighted by Gasteiger charge is 2.10. The summed E-state index contributed by atoms with van der Waals surface area (Å²) in [5, 5.41) is 6.35. The number of pyridine rings is 1. The van der Waals surface area contributed by atoms with Crippen molar-refractivity contribution in [2.75, 3.05) is 6.61 Å². The van der Waals surface area contributed by atoms with Gasteiger partial charge in [0.25, 0.3) is 0 Å². The van der Waals surface area contributed by atoms with E-state index >= 15 is 0 Å². The lowest BCUT2D eigenvalue weighted by Gasteiger charge is -2.00. The van der Waals surface area contributed by atoms with Gasteiger partial charge in [0.1, 0.15) is 11.6 Å². The summed E-state index contributed by atoms with van der Waals surface area (Å²) in [7, 11) is 0. The molecule has 0 aliphatic carbocycles. The largest absolute Gasteiger partial charge is 0.478 e. The van der Waals surface area contributed by atoms with E-state index in [9.17, 15) is 13.6 Å². The molecule has 0 unspecified atom stereocenters. The van der Waals surface area contributed by atoms with Gasteiger partial charge in [-0.3, -0.25) is 4.79 Å². The van der Waals surface area contributed by atoms with E-state index < -0.39 is 17.5 Å². The summed E-state index contributed by atoms with van der Waals surface area (Å²) in [6.45, 7) is 2.35. The minimum Gasteiger partial charge on any atom is -0.478 e. The Bertz CT molecular complexity index is 987. The van der Waals surface area contributed by atoms with Crippen LogP contribution in [0.5, 0.6) is 5.88 Å². The van der Waals surface area contributed by atoms with Gasteiger partial charge in [-0.05, 0) is 37.3 Å². The first-order valence-corrected chi connectivity index (χ1v) is 8.38. The quantitative estimate of drug-likeness (QED) is 0.628. The van der Waals surface area contributed by atoms with Crippen LogP contribution in [0.4, 0.5) is 8.78 Å². The minimum atomic E-state index is -0.629. The fraction of sp³-hybridized carbons (Fsp3) is 0.158. The molecule has 1 N–H and O–H groups in total. The van der Waals surface area contributed by atoms with Crippen LogP contribution in [0.15, 0.2) is 47.1 Å². The van der Waals surface area contributed by atoms with Crippen LogP contribution in [0.3, 0.4) is 0 Å². The number of hydrogen-bond donors (Lipinski definition) is 1. The first kappa shape index (κ1) is 19.2. The van der Waals surface area contributed by atoms with Gasteiger partial charge in [0.15, 0.2) is 0 Å². The van der Waals surface area contributed by atoms with Crippen LogP contribution in [0.25, 0.3) is 17.5 Å². The fourth-order valence-corrected chi connectivity index (χ4v) is 2.22. The molecule has 2 heterocycles. The van der Waals surface area contributed by atoms with Crippen molar-refractivity contribution < 1.29 is 22.8 Å². The molecule has 9 heteroatoms. The monoisotopic (exact) mass is 386 g/mol. The van der Waals surface area contributed by atoms with E-state index in [1.807, 2.05) is 6.92 Å². The van der Waals surface area contributed by atoms with Crippen molar-refractivity contribution in [3.8, 4) is 17.3 Å². The Labute approximate surface area is 159 Å². The molecule has 0 bridgehead atoms. The van der Waals surface area contributed by atoms with Gasteiger partial charge in [-0.2, -0.15) is 4.98 Å². The lowest BCUT2D eigenvalue weighted by Crippen LogP contribution is -2.20. The molecular weight excluding hydrogens is 370 g/mol. The van der Waals surface area contributed by atoms with Crippen molar-refractivity contribution in [3.63, 3.8) is 0 Å². The van der Waals surface area contributed by atoms with Crippen molar-refractivity contribution in [2.24, 2.45) is 0 Å². The van der Waals surface area contributed by atoms with Crippen LogP contribution in [0, 0.1) is 11.6 Å². The highest BCUT2D eigenvalue weighted by atomic mass is 19.1. The summed E-state index contributed by atoms with van der Waals surface area (Å²) in [6.07, 6.45) is 3.82. The smallest absolute Gasteiger partial charge is 0.246 e. The molecule has 3 aromatic rings. The lowest BCUT2D eigenvalue weighted by atomic mass is 10.2. The summed E-state index contributed by atoms with van der Waals surface area (Å²) < 4.78 is 36.9. The summed E-state index contributed by atoms with van der Waals surface area (Å²) in [6, 6.07) is 6.41. The third-order valence-corrected chi connectivity index (χ3v) is 3.54. The number of benzene rings is 1. The summed E-state index contributed by atoms with van der Waals surface area (Å²) in [4.78, 5) is 20.1. The van der Waals surface area contributed by atoms with E-state index in [1.54, 1.807) is 18.3 Å². The first-order valence-electron chi connectivity index (χ1n) is 8.38. The molecular formula is C19H16F2N4O3. The Morgan fingerprint density at radius 2 is 2.14 bits per heavy atom. The van der Waals surface area contributed by atoms with E-state index in [-0.39, 0.29) is 18.0 Å². The lowest BCUT2D eigenvalue weighted by molar-refractivity contribution is -0.116. The Morgan fingerprint density at radius 3 is 2.89 bits per heavy atom. The fourth-order valence-electron chi connectivity index (χ4n) is 2.22. The summed E-state index contributed by atoms with van der Waals surface area (Å²) >= 11 is 0. The molecule has 0 aliphatic heterocycles. The van der Waals surface area contributed by atoms with Gasteiger partial charge in [0.05, 0.1) is 13.2 Å². The number of amides is 1. The van der Waals surface area contributed by atoms with Gasteiger partial charge in [0.2, 0.25) is 23.5 Å². The predicted octanol–water partition coefficient (Wildman–Crippen LogP) is 3.14. The van der Waals surface area contributed by atoms with Gasteiger partial charge in [0, 0.05) is 29.5 Å². The Hall–Kier alpha value is -3.62. The van der Waals surface area contributed by atoms with E-state index in [4.69, 9.17) is 9.26 Å². The topological polar surface area (TPSA) is 90.1 Å². The molecule has 0 radical (unpaired) electrons. The molecule has 2 aromatic heterocycles. The van der Waals surface area contributed by atoms with Crippen molar-refractivity contribution in [1.82, 2.24) is 20.4 Å². The molecule has 144 valence electrons. The number of carbonyl (C=O) groups is 1. The van der Waals surface area contributed by atoms with Crippen LogP contribution in [0.1, 0.15) is 18.4 Å². The van der Waals surface area contributed by atoms with Crippen molar-refractivity contribution in [1.29, 1.82) is 0 Å². The van der Waals surface area contributed by atoms with Crippen LogP contribution in [-0.2, 0) is 11.3 Å². The highest BCUT2D eigenvalue weighted by Crippen LogP contribution is 2.17. The first-order chi connectivity index (χ1) is 13.5. The molecule has 0 spiro atoms. The van der Waals surface area contributed by atoms with E-state index in [2.05, 4.69) is 20.4 Å². The zero-order chi connectivity index (χ0) is 19.9. The average molecular weight is 386 g/mol. The maximum absolute atomic E-state index is 13.5. The highest BCUT2D eigenvalue weighted by molar-refractivity contribution is 5.91. The number of rotatable bonds is 7. The van der Waals surface area contributed by atoms with Gasteiger partial charge in [-0.25, -0.2) is 13.8 Å². The number of hydrogen-bond acceptors (Lipinski definition) is 6. The Kier molecular flexibility index (Phi) is 6.05. The predicted molar refractivity (Wildman–Crippen MR) is 95.9 cm³/mol. The molecule has 1 aromatic carbocycles. The number of carbonyl (C=O) groups excluding carboxylic acids is 1. The maximum Gasteiger partial charge on any atom is 0.246 e. The average Bonchev–Trinajstić information content (AvgIpc) is 3.17. The van der Waals surface area contributed by atoms with Crippen LogP contribution < -0.4 is 10.1 Å². The number of nitrogens with one attached hydrogen (secondary N) is 1. The second kappa shape index (κ2) is 8.85. The Morgan fingerprint density at radius 1 is 1.29 bits per heavy atom. The van der Waals surface area contributed by atoms with E-state index in [0.717, 1.165) is 24.3 Å². The maximum atomic E-state index is 13.5. The van der Waals surface area contributed by atoms with Crippen molar-refractivity contribution >= 4 is 12.0 Å². The van der Waals surface area contributed by atoms with Crippen LogP contribution in [0.2, 0.25) is 0 Å². The third-order valence-electron chi connectivity index (χ3n) is 3.54. The summed E-state index contributed by atoms with van der Waals surface area (Å²) in [5.41, 5.74) is 0.601. The van der Waals surface area contributed by atoms with Crippen molar-refractivity contribution in [3.05, 3.63) is 65.7 Å². The molecule has 28 heavy (non-hydrogen) atoms. The summed E-state index contributed by atoms with van der Waals surface area (Å²) in [5.74, 6) is -0.755. The Balaban J connectivity index is 1.57. The number of halogens is 2. The van der Waals surface area contributed by atoms with Crippen molar-refractivity contribution in [2.45, 2.75) is 13.5 Å². The molecule has 0 fully saturated rings. The molecule has 0 atom stereocenters. The standard InChI is InChI=1S/C19H16F2N4O3/c1-2-27-17-8-4-13(10-23-17)19-24-18(28-25-19)11-22-16(26)7-3-12-9-14(20)5-6-15(12)21/h3-10H,2,11H2,1H3,(H,22,26). The zero-order valence-corrected chi connectivity index (χ0v) is 14.9. The SMILES string of the molecule is CCOc1ccc(-c2noc(CNC(=O)C=Cc3cc(F)ccc3F)n2)cn1.